The van der Waals surface area contributed by atoms with Crippen LogP contribution in [0.2, 0.25) is 0 Å². The average molecular weight is 295 g/mol. The lowest BCUT2D eigenvalue weighted by molar-refractivity contribution is 0.281. The molecular formula is C14H17NO4S. The van der Waals surface area contributed by atoms with Crippen molar-refractivity contribution in [2.45, 2.75) is 18.9 Å². The van der Waals surface area contributed by atoms with Crippen molar-refractivity contribution >= 4 is 10.0 Å². The SMILES string of the molecule is CN(Cc1ccco1)S(=O)(=O)Cc1cccc(CO)c1. The van der Waals surface area contributed by atoms with Gasteiger partial charge >= 0.3 is 0 Å². The second-order valence-corrected chi connectivity index (χ2v) is 6.65. The van der Waals surface area contributed by atoms with Crippen LogP contribution in [0.3, 0.4) is 0 Å². The lowest BCUT2D eigenvalue weighted by Gasteiger charge is -2.16. The molecule has 0 fully saturated rings. The first-order valence-corrected chi connectivity index (χ1v) is 7.77. The lowest BCUT2D eigenvalue weighted by atomic mass is 10.1. The Morgan fingerprint density at radius 2 is 1.95 bits per heavy atom. The van der Waals surface area contributed by atoms with Crippen LogP contribution in [0.4, 0.5) is 0 Å². The van der Waals surface area contributed by atoms with Crippen LogP contribution in [0.15, 0.2) is 47.1 Å². The number of sulfonamides is 1. The largest absolute Gasteiger partial charge is 0.468 e. The molecule has 6 heteroatoms. The fraction of sp³-hybridized carbons (Fsp3) is 0.286. The Balaban J connectivity index is 2.09. The fourth-order valence-electron chi connectivity index (χ4n) is 1.86. The smallest absolute Gasteiger partial charge is 0.218 e. The summed E-state index contributed by atoms with van der Waals surface area (Å²) in [7, 11) is -1.90. The summed E-state index contributed by atoms with van der Waals surface area (Å²) in [6.07, 6.45) is 1.51. The van der Waals surface area contributed by atoms with Crippen molar-refractivity contribution < 1.29 is 17.9 Å². The van der Waals surface area contributed by atoms with E-state index in [2.05, 4.69) is 0 Å². The van der Waals surface area contributed by atoms with Crippen molar-refractivity contribution in [2.24, 2.45) is 0 Å². The highest BCUT2D eigenvalue weighted by Gasteiger charge is 2.19. The van der Waals surface area contributed by atoms with E-state index in [0.29, 0.717) is 16.9 Å². The van der Waals surface area contributed by atoms with Gasteiger partial charge in [0.05, 0.1) is 25.2 Å². The van der Waals surface area contributed by atoms with Gasteiger partial charge in [0, 0.05) is 7.05 Å². The Bertz CT molecular complexity index is 650. The number of rotatable bonds is 6. The van der Waals surface area contributed by atoms with Gasteiger partial charge in [0.25, 0.3) is 0 Å². The van der Waals surface area contributed by atoms with Crippen LogP contribution in [-0.2, 0) is 28.9 Å². The molecule has 1 aromatic heterocycles. The monoisotopic (exact) mass is 295 g/mol. The second kappa shape index (κ2) is 6.21. The molecule has 1 N–H and O–H groups in total. The van der Waals surface area contributed by atoms with Crippen molar-refractivity contribution in [3.8, 4) is 0 Å². The van der Waals surface area contributed by atoms with Crippen LogP contribution >= 0.6 is 0 Å². The molecule has 0 unspecified atom stereocenters. The maximum absolute atomic E-state index is 12.2. The highest BCUT2D eigenvalue weighted by molar-refractivity contribution is 7.88. The summed E-state index contributed by atoms with van der Waals surface area (Å²) in [6, 6.07) is 10.4. The molecule has 0 atom stereocenters. The van der Waals surface area contributed by atoms with Gasteiger partial charge in [0.15, 0.2) is 0 Å². The zero-order valence-electron chi connectivity index (χ0n) is 11.2. The summed E-state index contributed by atoms with van der Waals surface area (Å²) in [5.41, 5.74) is 1.36. The molecule has 5 nitrogen and oxygen atoms in total. The molecule has 1 heterocycles. The van der Waals surface area contributed by atoms with Crippen LogP contribution < -0.4 is 0 Å². The number of aliphatic hydroxyl groups excluding tert-OH is 1. The zero-order valence-corrected chi connectivity index (χ0v) is 12.0. The van der Waals surface area contributed by atoms with E-state index in [1.165, 1.54) is 17.6 Å². The third-order valence-electron chi connectivity index (χ3n) is 2.96. The number of hydrogen-bond acceptors (Lipinski definition) is 4. The molecule has 2 aromatic rings. The first-order chi connectivity index (χ1) is 9.51. The van der Waals surface area contributed by atoms with Crippen LogP contribution in [0.1, 0.15) is 16.9 Å². The predicted octanol–water partition coefficient (Wildman–Crippen LogP) is 1.73. The van der Waals surface area contributed by atoms with Gasteiger partial charge < -0.3 is 9.52 Å². The highest BCUT2D eigenvalue weighted by atomic mass is 32.2. The topological polar surface area (TPSA) is 70.8 Å². The first kappa shape index (κ1) is 14.8. The lowest BCUT2D eigenvalue weighted by Crippen LogP contribution is -2.27. The van der Waals surface area contributed by atoms with E-state index in [9.17, 15) is 8.42 Å². The van der Waals surface area contributed by atoms with Crippen molar-refractivity contribution in [1.29, 1.82) is 0 Å². The van der Waals surface area contributed by atoms with Crippen LogP contribution in [-0.4, -0.2) is 24.9 Å². The van der Waals surface area contributed by atoms with Crippen molar-refractivity contribution in [2.75, 3.05) is 7.05 Å². The fourth-order valence-corrected chi connectivity index (χ4v) is 3.00. The Morgan fingerprint density at radius 3 is 2.60 bits per heavy atom. The number of benzene rings is 1. The van der Waals surface area contributed by atoms with Gasteiger partial charge in [-0.25, -0.2) is 8.42 Å². The van der Waals surface area contributed by atoms with E-state index < -0.39 is 10.0 Å². The minimum atomic E-state index is -3.42. The number of furan rings is 1. The minimum absolute atomic E-state index is 0.0992. The van der Waals surface area contributed by atoms with E-state index in [1.54, 1.807) is 36.4 Å². The molecule has 0 spiro atoms. The third kappa shape index (κ3) is 3.69. The van der Waals surface area contributed by atoms with E-state index >= 15 is 0 Å². The zero-order chi connectivity index (χ0) is 14.6. The van der Waals surface area contributed by atoms with Gasteiger partial charge in [-0.15, -0.1) is 0 Å². The quantitative estimate of drug-likeness (QED) is 0.881. The van der Waals surface area contributed by atoms with E-state index in [1.807, 2.05) is 0 Å². The molecule has 0 aliphatic carbocycles. The normalized spacial score (nSPS) is 11.9. The summed E-state index contributed by atoms with van der Waals surface area (Å²) in [6.45, 7) is 0.102. The Labute approximate surface area is 118 Å². The molecular weight excluding hydrogens is 278 g/mol. The van der Waals surface area contributed by atoms with Crippen molar-refractivity contribution in [1.82, 2.24) is 4.31 Å². The van der Waals surface area contributed by atoms with Gasteiger partial charge in [-0.1, -0.05) is 24.3 Å². The standard InChI is InChI=1S/C14H17NO4S/c1-15(9-14-6-3-7-19-14)20(17,18)11-13-5-2-4-12(8-13)10-16/h2-8,16H,9-11H2,1H3. The first-order valence-electron chi connectivity index (χ1n) is 6.16. The summed E-state index contributed by atoms with van der Waals surface area (Å²) in [5, 5.41) is 9.07. The molecule has 1 aromatic carbocycles. The van der Waals surface area contributed by atoms with Gasteiger partial charge in [0.1, 0.15) is 5.76 Å². The number of hydrogen-bond donors (Lipinski definition) is 1. The molecule has 108 valence electrons. The predicted molar refractivity (Wildman–Crippen MR) is 75.2 cm³/mol. The van der Waals surface area contributed by atoms with Crippen molar-refractivity contribution in [3.63, 3.8) is 0 Å². The summed E-state index contributed by atoms with van der Waals surface area (Å²) >= 11 is 0. The summed E-state index contributed by atoms with van der Waals surface area (Å²) in [4.78, 5) is 0. The van der Waals surface area contributed by atoms with E-state index in [4.69, 9.17) is 9.52 Å². The third-order valence-corrected chi connectivity index (χ3v) is 4.73. The molecule has 0 aliphatic heterocycles. The molecule has 20 heavy (non-hydrogen) atoms. The Hall–Kier alpha value is -1.63. The van der Waals surface area contributed by atoms with Crippen LogP contribution in [0.5, 0.6) is 0 Å². The molecule has 2 rings (SSSR count). The molecule has 0 bridgehead atoms. The van der Waals surface area contributed by atoms with Gasteiger partial charge in [-0.05, 0) is 23.3 Å². The summed E-state index contributed by atoms with van der Waals surface area (Å²) in [5.74, 6) is 0.498. The van der Waals surface area contributed by atoms with Gasteiger partial charge in [0.2, 0.25) is 10.0 Å². The second-order valence-electron chi connectivity index (χ2n) is 4.57. The highest BCUT2D eigenvalue weighted by Crippen LogP contribution is 2.14. The molecule has 0 radical (unpaired) electrons. The average Bonchev–Trinajstić information content (AvgIpc) is 2.91. The van der Waals surface area contributed by atoms with Crippen LogP contribution in [0, 0.1) is 0 Å². The van der Waals surface area contributed by atoms with Gasteiger partial charge in [-0.2, -0.15) is 4.31 Å². The van der Waals surface area contributed by atoms with Gasteiger partial charge in [-0.3, -0.25) is 0 Å². The molecule has 0 saturated heterocycles. The summed E-state index contributed by atoms with van der Waals surface area (Å²) < 4.78 is 30.9. The number of nitrogens with zero attached hydrogens (tertiary/aromatic N) is 1. The molecule has 0 saturated carbocycles. The molecule has 0 amide bonds. The van der Waals surface area contributed by atoms with E-state index in [0.717, 1.165) is 0 Å². The Kier molecular flexibility index (Phi) is 4.59. The maximum Gasteiger partial charge on any atom is 0.218 e. The van der Waals surface area contributed by atoms with E-state index in [-0.39, 0.29) is 18.9 Å². The Morgan fingerprint density at radius 1 is 1.20 bits per heavy atom. The minimum Gasteiger partial charge on any atom is -0.468 e. The molecule has 0 aliphatic rings. The van der Waals surface area contributed by atoms with Crippen LogP contribution in [0.25, 0.3) is 0 Å². The maximum atomic E-state index is 12.2. The van der Waals surface area contributed by atoms with Crippen molar-refractivity contribution in [3.05, 3.63) is 59.5 Å². The number of aliphatic hydroxyl groups is 1.